The van der Waals surface area contributed by atoms with Gasteiger partial charge in [-0.05, 0) is 22.0 Å². The van der Waals surface area contributed by atoms with Crippen LogP contribution in [0.25, 0.3) is 0 Å². The summed E-state index contributed by atoms with van der Waals surface area (Å²) < 4.78 is 42.8. The molecule has 0 amide bonds. The zero-order chi connectivity index (χ0) is 13.2. The van der Waals surface area contributed by atoms with Crippen molar-refractivity contribution in [3.8, 4) is 5.88 Å². The Hall–Kier alpha value is -1.15. The number of hydrogen-bond acceptors (Lipinski definition) is 4. The minimum absolute atomic E-state index is 0.0375. The SMILES string of the molecule is FC(F)(F)c1cnc(COc2cccc(Br)n2)s1. The van der Waals surface area contributed by atoms with Crippen LogP contribution < -0.4 is 4.74 Å². The van der Waals surface area contributed by atoms with Gasteiger partial charge in [0.25, 0.3) is 0 Å². The Bertz CT molecular complexity index is 544. The lowest BCUT2D eigenvalue weighted by Gasteiger charge is -2.03. The van der Waals surface area contributed by atoms with Crippen molar-refractivity contribution in [2.45, 2.75) is 12.8 Å². The Balaban J connectivity index is 2.01. The van der Waals surface area contributed by atoms with E-state index in [4.69, 9.17) is 4.74 Å². The van der Waals surface area contributed by atoms with Gasteiger partial charge in [-0.15, -0.1) is 11.3 Å². The Morgan fingerprint density at radius 1 is 1.33 bits per heavy atom. The van der Waals surface area contributed by atoms with E-state index in [1.165, 1.54) is 0 Å². The molecule has 96 valence electrons. The first kappa shape index (κ1) is 13.3. The summed E-state index contributed by atoms with van der Waals surface area (Å²) in [6, 6.07) is 5.05. The summed E-state index contributed by atoms with van der Waals surface area (Å²) in [6.07, 6.45) is -3.55. The smallest absolute Gasteiger partial charge is 0.427 e. The average molecular weight is 339 g/mol. The van der Waals surface area contributed by atoms with Gasteiger partial charge in [-0.25, -0.2) is 9.97 Å². The Kier molecular flexibility index (Phi) is 3.86. The average Bonchev–Trinajstić information content (AvgIpc) is 2.74. The van der Waals surface area contributed by atoms with Gasteiger partial charge < -0.3 is 4.74 Å². The summed E-state index contributed by atoms with van der Waals surface area (Å²) >= 11 is 3.73. The molecule has 0 bridgehead atoms. The van der Waals surface area contributed by atoms with Gasteiger partial charge in [0.15, 0.2) is 0 Å². The molecule has 2 rings (SSSR count). The highest BCUT2D eigenvalue weighted by Crippen LogP contribution is 2.33. The fraction of sp³-hybridized carbons (Fsp3) is 0.200. The van der Waals surface area contributed by atoms with Crippen molar-refractivity contribution in [2.24, 2.45) is 0 Å². The molecule has 0 radical (unpaired) electrons. The topological polar surface area (TPSA) is 35.0 Å². The van der Waals surface area contributed by atoms with Crippen LogP contribution >= 0.6 is 27.3 Å². The molecule has 8 heteroatoms. The van der Waals surface area contributed by atoms with Crippen LogP contribution in [0.5, 0.6) is 5.88 Å². The van der Waals surface area contributed by atoms with Crippen LogP contribution in [0, 0.1) is 0 Å². The van der Waals surface area contributed by atoms with Gasteiger partial charge in [-0.3, -0.25) is 0 Å². The van der Waals surface area contributed by atoms with Gasteiger partial charge in [0.2, 0.25) is 5.88 Å². The van der Waals surface area contributed by atoms with Crippen LogP contribution in [-0.4, -0.2) is 9.97 Å². The maximum Gasteiger partial charge on any atom is 0.427 e. The highest BCUT2D eigenvalue weighted by atomic mass is 79.9. The Morgan fingerprint density at radius 3 is 2.72 bits per heavy atom. The molecule has 18 heavy (non-hydrogen) atoms. The second kappa shape index (κ2) is 5.23. The standard InChI is InChI=1S/C10H6BrF3N2OS/c11-7-2-1-3-8(16-7)17-5-9-15-4-6(18-9)10(12,13)14/h1-4H,5H2. The zero-order valence-corrected chi connectivity index (χ0v) is 11.1. The predicted molar refractivity (Wildman–Crippen MR) is 63.4 cm³/mol. The van der Waals surface area contributed by atoms with Crippen LogP contribution in [0.15, 0.2) is 29.0 Å². The molecule has 3 nitrogen and oxygen atoms in total. The molecule has 0 saturated carbocycles. The number of alkyl halides is 3. The fourth-order valence-electron chi connectivity index (χ4n) is 1.11. The van der Waals surface area contributed by atoms with Crippen molar-refractivity contribution >= 4 is 27.3 Å². The third kappa shape index (κ3) is 3.42. The zero-order valence-electron chi connectivity index (χ0n) is 8.74. The van der Waals surface area contributed by atoms with E-state index in [2.05, 4.69) is 25.9 Å². The van der Waals surface area contributed by atoms with Gasteiger partial charge in [0.1, 0.15) is 21.1 Å². The first-order valence-electron chi connectivity index (χ1n) is 4.72. The van der Waals surface area contributed by atoms with Gasteiger partial charge in [0.05, 0.1) is 6.20 Å². The third-order valence-corrected chi connectivity index (χ3v) is 3.32. The lowest BCUT2D eigenvalue weighted by atomic mass is 10.5. The molecule has 2 aromatic heterocycles. The fourth-order valence-corrected chi connectivity index (χ4v) is 2.14. The predicted octanol–water partition coefficient (Wildman–Crippen LogP) is 3.90. The van der Waals surface area contributed by atoms with Crippen molar-refractivity contribution in [2.75, 3.05) is 0 Å². The van der Waals surface area contributed by atoms with Crippen molar-refractivity contribution < 1.29 is 17.9 Å². The Morgan fingerprint density at radius 2 is 2.11 bits per heavy atom. The second-order valence-corrected chi connectivity index (χ2v) is 5.13. The molecule has 0 fully saturated rings. The minimum Gasteiger partial charge on any atom is -0.470 e. The molecule has 0 aromatic carbocycles. The number of thiazole rings is 1. The molecule has 0 N–H and O–H groups in total. The summed E-state index contributed by atoms with van der Waals surface area (Å²) in [5.74, 6) is 0.327. The number of rotatable bonds is 3. The number of nitrogens with zero attached hydrogens (tertiary/aromatic N) is 2. The molecule has 0 atom stereocenters. The molecule has 0 aliphatic heterocycles. The molecule has 0 aliphatic carbocycles. The summed E-state index contributed by atoms with van der Waals surface area (Å²) in [6.45, 7) is -0.0375. The Labute approximate surface area is 113 Å². The monoisotopic (exact) mass is 338 g/mol. The molecule has 0 spiro atoms. The molecule has 0 unspecified atom stereocenters. The summed E-state index contributed by atoms with van der Waals surface area (Å²) in [5, 5.41) is 0.254. The van der Waals surface area contributed by atoms with E-state index in [0.717, 1.165) is 6.20 Å². The van der Waals surface area contributed by atoms with Crippen molar-refractivity contribution in [3.05, 3.63) is 38.9 Å². The normalized spacial score (nSPS) is 11.6. The number of halogens is 4. The summed E-state index contributed by atoms with van der Waals surface area (Å²) in [7, 11) is 0. The van der Waals surface area contributed by atoms with E-state index in [0.29, 0.717) is 21.8 Å². The van der Waals surface area contributed by atoms with Crippen LogP contribution in [0.4, 0.5) is 13.2 Å². The number of hydrogen-bond donors (Lipinski definition) is 0. The van der Waals surface area contributed by atoms with Crippen LogP contribution in [0.1, 0.15) is 9.88 Å². The summed E-state index contributed by atoms with van der Waals surface area (Å²) in [5.41, 5.74) is 0. The number of pyridine rings is 1. The maximum atomic E-state index is 12.3. The first-order valence-corrected chi connectivity index (χ1v) is 6.33. The molecule has 2 aromatic rings. The molecule has 0 aliphatic rings. The van der Waals surface area contributed by atoms with Gasteiger partial charge in [0, 0.05) is 6.07 Å². The molecule has 0 saturated heterocycles. The highest BCUT2D eigenvalue weighted by molar-refractivity contribution is 9.10. The second-order valence-electron chi connectivity index (χ2n) is 3.20. The van der Waals surface area contributed by atoms with E-state index in [1.54, 1.807) is 18.2 Å². The quantitative estimate of drug-likeness (QED) is 0.796. The molecular formula is C10H6BrF3N2OS. The van der Waals surface area contributed by atoms with E-state index >= 15 is 0 Å². The van der Waals surface area contributed by atoms with Crippen LogP contribution in [0.2, 0.25) is 0 Å². The number of aromatic nitrogens is 2. The van der Waals surface area contributed by atoms with Crippen molar-refractivity contribution in [3.63, 3.8) is 0 Å². The van der Waals surface area contributed by atoms with Gasteiger partial charge in [-0.2, -0.15) is 13.2 Å². The molecular weight excluding hydrogens is 333 g/mol. The van der Waals surface area contributed by atoms with Gasteiger partial charge >= 0.3 is 6.18 Å². The minimum atomic E-state index is -4.36. The lowest BCUT2D eigenvalue weighted by molar-refractivity contribution is -0.134. The lowest BCUT2D eigenvalue weighted by Crippen LogP contribution is -2.00. The van der Waals surface area contributed by atoms with E-state index < -0.39 is 11.1 Å². The van der Waals surface area contributed by atoms with Crippen LogP contribution in [0.3, 0.4) is 0 Å². The van der Waals surface area contributed by atoms with E-state index in [1.807, 2.05) is 0 Å². The summed E-state index contributed by atoms with van der Waals surface area (Å²) in [4.78, 5) is 6.91. The number of ether oxygens (including phenoxy) is 1. The van der Waals surface area contributed by atoms with E-state index in [-0.39, 0.29) is 11.6 Å². The van der Waals surface area contributed by atoms with Crippen molar-refractivity contribution in [1.82, 2.24) is 9.97 Å². The maximum absolute atomic E-state index is 12.3. The van der Waals surface area contributed by atoms with Crippen molar-refractivity contribution in [1.29, 1.82) is 0 Å². The highest BCUT2D eigenvalue weighted by Gasteiger charge is 2.33. The largest absolute Gasteiger partial charge is 0.470 e. The van der Waals surface area contributed by atoms with E-state index in [9.17, 15) is 13.2 Å². The first-order chi connectivity index (χ1) is 8.45. The molecule has 2 heterocycles. The van der Waals surface area contributed by atoms with Gasteiger partial charge in [-0.1, -0.05) is 6.07 Å². The third-order valence-electron chi connectivity index (χ3n) is 1.87. The van der Waals surface area contributed by atoms with Crippen LogP contribution in [-0.2, 0) is 12.8 Å².